The summed E-state index contributed by atoms with van der Waals surface area (Å²) in [5.74, 6) is -0.146. The van der Waals surface area contributed by atoms with Gasteiger partial charge in [-0.2, -0.15) is 0 Å². The molecule has 0 heterocycles. The van der Waals surface area contributed by atoms with Crippen LogP contribution in [-0.4, -0.2) is 42.5 Å². The zero-order chi connectivity index (χ0) is 14.6. The predicted molar refractivity (Wildman–Crippen MR) is 79.3 cm³/mol. The topological polar surface area (TPSA) is 83.6 Å². The summed E-state index contributed by atoms with van der Waals surface area (Å²) in [5, 5.41) is 9.23. The molecule has 106 valence electrons. The molecule has 0 radical (unpaired) electrons. The number of sulfonamides is 1. The minimum Gasteiger partial charge on any atom is -0.392 e. The van der Waals surface area contributed by atoms with Crippen molar-refractivity contribution in [2.24, 2.45) is 5.73 Å². The molecule has 1 aromatic rings. The summed E-state index contributed by atoms with van der Waals surface area (Å²) in [6.45, 7) is 1.61. The minimum atomic E-state index is -3.46. The van der Waals surface area contributed by atoms with E-state index in [4.69, 9.17) is 18.0 Å². The van der Waals surface area contributed by atoms with Crippen molar-refractivity contribution >= 4 is 27.2 Å². The van der Waals surface area contributed by atoms with Crippen LogP contribution in [-0.2, 0) is 15.8 Å². The summed E-state index contributed by atoms with van der Waals surface area (Å²) < 4.78 is 25.3. The molecule has 5 nitrogen and oxygen atoms in total. The second-order valence-corrected chi connectivity index (χ2v) is 6.97. The maximum absolute atomic E-state index is 12.1. The van der Waals surface area contributed by atoms with Gasteiger partial charge in [-0.05, 0) is 18.6 Å². The molecule has 0 aliphatic heterocycles. The van der Waals surface area contributed by atoms with Gasteiger partial charge in [0.05, 0.1) is 11.9 Å². The number of rotatable bonds is 6. The van der Waals surface area contributed by atoms with Gasteiger partial charge in [0.2, 0.25) is 10.0 Å². The molecule has 0 spiro atoms. The molecule has 0 aliphatic rings. The molecule has 0 amide bonds. The highest BCUT2D eigenvalue weighted by atomic mass is 32.2. The van der Waals surface area contributed by atoms with Crippen LogP contribution in [0.15, 0.2) is 24.3 Å². The Bertz CT molecular complexity index is 556. The van der Waals surface area contributed by atoms with E-state index in [0.717, 1.165) is 4.31 Å². The van der Waals surface area contributed by atoms with Crippen molar-refractivity contribution in [2.45, 2.75) is 18.8 Å². The van der Waals surface area contributed by atoms with Gasteiger partial charge in [-0.1, -0.05) is 30.4 Å². The van der Waals surface area contributed by atoms with Crippen molar-refractivity contribution in [1.82, 2.24) is 4.31 Å². The normalized spacial score (nSPS) is 13.5. The molecule has 0 fully saturated rings. The van der Waals surface area contributed by atoms with E-state index in [9.17, 15) is 13.5 Å². The van der Waals surface area contributed by atoms with Gasteiger partial charge in [0, 0.05) is 19.2 Å². The third kappa shape index (κ3) is 4.87. The van der Waals surface area contributed by atoms with Crippen molar-refractivity contribution in [3.8, 4) is 0 Å². The van der Waals surface area contributed by atoms with Gasteiger partial charge in [0.15, 0.2) is 0 Å². The van der Waals surface area contributed by atoms with E-state index in [1.165, 1.54) is 7.05 Å². The summed E-state index contributed by atoms with van der Waals surface area (Å²) in [5.41, 5.74) is 6.76. The molecule has 19 heavy (non-hydrogen) atoms. The summed E-state index contributed by atoms with van der Waals surface area (Å²) in [6.07, 6.45) is -0.706. The van der Waals surface area contributed by atoms with Crippen molar-refractivity contribution in [1.29, 1.82) is 0 Å². The Morgan fingerprint density at radius 1 is 1.53 bits per heavy atom. The van der Waals surface area contributed by atoms with Gasteiger partial charge < -0.3 is 10.8 Å². The zero-order valence-electron chi connectivity index (χ0n) is 10.9. The second-order valence-electron chi connectivity index (χ2n) is 4.45. The first-order valence-corrected chi connectivity index (χ1v) is 7.75. The van der Waals surface area contributed by atoms with Gasteiger partial charge in [-0.15, -0.1) is 0 Å². The quantitative estimate of drug-likeness (QED) is 0.746. The first kappa shape index (κ1) is 16.0. The van der Waals surface area contributed by atoms with E-state index in [0.29, 0.717) is 11.1 Å². The first-order chi connectivity index (χ1) is 8.72. The Morgan fingerprint density at radius 3 is 2.68 bits per heavy atom. The van der Waals surface area contributed by atoms with Crippen molar-refractivity contribution in [3.63, 3.8) is 0 Å². The van der Waals surface area contributed by atoms with E-state index in [2.05, 4.69) is 0 Å². The van der Waals surface area contributed by atoms with Crippen LogP contribution < -0.4 is 5.73 Å². The molecule has 7 heteroatoms. The number of aliphatic hydroxyl groups is 1. The molecule has 0 saturated carbocycles. The van der Waals surface area contributed by atoms with E-state index in [-0.39, 0.29) is 17.3 Å². The lowest BCUT2D eigenvalue weighted by Crippen LogP contribution is -2.34. The molecule has 1 rings (SSSR count). The van der Waals surface area contributed by atoms with Gasteiger partial charge in [0.1, 0.15) is 4.99 Å². The number of hydrogen-bond acceptors (Lipinski definition) is 4. The Morgan fingerprint density at radius 2 is 2.16 bits per heavy atom. The fourth-order valence-electron chi connectivity index (χ4n) is 1.62. The summed E-state index contributed by atoms with van der Waals surface area (Å²) in [7, 11) is -2.02. The Balaban J connectivity index is 2.89. The SMILES string of the molecule is CC(O)CN(C)S(=O)(=O)Cc1cccc(C(N)=S)c1. The average molecular weight is 302 g/mol. The van der Waals surface area contributed by atoms with Gasteiger partial charge in [-0.25, -0.2) is 12.7 Å². The third-order valence-electron chi connectivity index (χ3n) is 2.56. The van der Waals surface area contributed by atoms with Crippen LogP contribution in [0.1, 0.15) is 18.1 Å². The molecule has 0 saturated heterocycles. The highest BCUT2D eigenvalue weighted by molar-refractivity contribution is 7.88. The van der Waals surface area contributed by atoms with Crippen LogP contribution in [0.3, 0.4) is 0 Å². The fourth-order valence-corrected chi connectivity index (χ4v) is 3.01. The molecular weight excluding hydrogens is 284 g/mol. The molecule has 0 aliphatic carbocycles. The maximum Gasteiger partial charge on any atom is 0.218 e. The van der Waals surface area contributed by atoms with E-state index < -0.39 is 16.1 Å². The number of nitrogens with zero attached hydrogens (tertiary/aromatic N) is 1. The van der Waals surface area contributed by atoms with Crippen LogP contribution in [0.4, 0.5) is 0 Å². The first-order valence-electron chi connectivity index (χ1n) is 5.73. The van der Waals surface area contributed by atoms with E-state index >= 15 is 0 Å². The molecule has 3 N–H and O–H groups in total. The van der Waals surface area contributed by atoms with Crippen LogP contribution >= 0.6 is 12.2 Å². The largest absolute Gasteiger partial charge is 0.392 e. The highest BCUT2D eigenvalue weighted by Crippen LogP contribution is 2.12. The molecule has 0 bridgehead atoms. The predicted octanol–water partition coefficient (Wildman–Crippen LogP) is 0.463. The van der Waals surface area contributed by atoms with Gasteiger partial charge in [-0.3, -0.25) is 0 Å². The van der Waals surface area contributed by atoms with Crippen molar-refractivity contribution in [2.75, 3.05) is 13.6 Å². The monoisotopic (exact) mass is 302 g/mol. The van der Waals surface area contributed by atoms with E-state index in [1.807, 2.05) is 0 Å². The number of aliphatic hydroxyl groups excluding tert-OH is 1. The lowest BCUT2D eigenvalue weighted by Gasteiger charge is -2.18. The number of benzene rings is 1. The zero-order valence-corrected chi connectivity index (χ0v) is 12.5. The minimum absolute atomic E-state index is 0.0668. The average Bonchev–Trinajstić information content (AvgIpc) is 2.27. The smallest absolute Gasteiger partial charge is 0.218 e. The number of thiocarbonyl (C=S) groups is 1. The molecule has 1 atom stereocenters. The van der Waals surface area contributed by atoms with Crippen LogP contribution in [0.25, 0.3) is 0 Å². The van der Waals surface area contributed by atoms with Crippen LogP contribution in [0.5, 0.6) is 0 Å². The molecular formula is C12H18N2O3S2. The summed E-state index contributed by atoms with van der Waals surface area (Å²) >= 11 is 4.86. The second kappa shape index (κ2) is 6.42. The molecule has 1 aromatic carbocycles. The van der Waals surface area contributed by atoms with Gasteiger partial charge in [0.25, 0.3) is 0 Å². The number of likely N-dealkylation sites (N-methyl/N-ethyl adjacent to an activating group) is 1. The highest BCUT2D eigenvalue weighted by Gasteiger charge is 2.20. The summed E-state index contributed by atoms with van der Waals surface area (Å²) in [6, 6.07) is 6.82. The lowest BCUT2D eigenvalue weighted by atomic mass is 10.1. The van der Waals surface area contributed by atoms with Crippen molar-refractivity contribution < 1.29 is 13.5 Å². The number of hydrogen-bond donors (Lipinski definition) is 2. The van der Waals surface area contributed by atoms with Crippen LogP contribution in [0, 0.1) is 0 Å². The Hall–Kier alpha value is -1.02. The standard InChI is InChI=1S/C12H18N2O3S2/c1-9(15)7-14(2)19(16,17)8-10-4-3-5-11(6-10)12(13)18/h3-6,9,15H,7-8H2,1-2H3,(H2,13,18). The van der Waals surface area contributed by atoms with Gasteiger partial charge >= 0.3 is 0 Å². The molecule has 1 unspecified atom stereocenters. The van der Waals surface area contributed by atoms with Crippen LogP contribution in [0.2, 0.25) is 0 Å². The molecule has 0 aromatic heterocycles. The van der Waals surface area contributed by atoms with Crippen molar-refractivity contribution in [3.05, 3.63) is 35.4 Å². The fraction of sp³-hybridized carbons (Fsp3) is 0.417. The Kier molecular flexibility index (Phi) is 5.42. The van der Waals surface area contributed by atoms with E-state index in [1.54, 1.807) is 31.2 Å². The Labute approximate surface area is 119 Å². The summed E-state index contributed by atoms with van der Waals surface area (Å²) in [4.78, 5) is 0.233. The number of nitrogens with two attached hydrogens (primary N) is 1. The third-order valence-corrected chi connectivity index (χ3v) is 4.59. The maximum atomic E-state index is 12.1. The lowest BCUT2D eigenvalue weighted by molar-refractivity contribution is 0.171.